The van der Waals surface area contributed by atoms with Crippen LogP contribution >= 0.6 is 77.1 Å². The quantitative estimate of drug-likeness (QED) is 0.0735. The molecule has 1 unspecified atom stereocenters. The second kappa shape index (κ2) is 42.0. The van der Waals surface area contributed by atoms with Crippen molar-refractivity contribution in [1.82, 2.24) is 0 Å². The summed E-state index contributed by atoms with van der Waals surface area (Å²) in [6, 6.07) is 142. The third-order valence-electron chi connectivity index (χ3n) is 24.3. The van der Waals surface area contributed by atoms with Crippen LogP contribution in [-0.2, 0) is 10.3 Å². The van der Waals surface area contributed by atoms with Gasteiger partial charge in [-0.2, -0.15) is 0 Å². The van der Waals surface area contributed by atoms with Crippen molar-refractivity contribution in [2.75, 3.05) is 28.3 Å². The van der Waals surface area contributed by atoms with E-state index in [2.05, 4.69) is 323 Å². The van der Waals surface area contributed by atoms with Gasteiger partial charge in [0, 0.05) is 138 Å². The largest absolute Gasteiger partial charge is 2.00 e. The number of para-hydroxylation sites is 6. The number of benzene rings is 18. The molecule has 21 aromatic rings. The average molecular weight is 2210 g/mol. The Morgan fingerprint density at radius 3 is 1.16 bits per heavy atom. The Morgan fingerprint density at radius 1 is 0.323 bits per heavy atom. The number of aliphatic hydroxyl groups is 1. The molecule has 16 heteroatoms. The molecular formula is C117H86Br2I3MgN3O7. The minimum Gasteiger partial charge on any atom is -1.00 e. The molecule has 1 atom stereocenters. The summed E-state index contributed by atoms with van der Waals surface area (Å²) in [4.78, 5) is 29.9. The number of fused-ring (bicyclic) bond motifs is 18. The molecule has 1 fully saturated rings. The molecule has 4 aliphatic rings. The van der Waals surface area contributed by atoms with Crippen LogP contribution in [0.2, 0.25) is 0 Å². The van der Waals surface area contributed by atoms with E-state index in [1.54, 1.807) is 0 Å². The van der Waals surface area contributed by atoms with Gasteiger partial charge in [0.1, 0.15) is 22.4 Å². The van der Waals surface area contributed by atoms with Crippen LogP contribution in [0.1, 0.15) is 62.7 Å². The Labute approximate surface area is 848 Å². The second-order valence-corrected chi connectivity index (χ2v) is 33.1. The third kappa shape index (κ3) is 18.8. The zero-order valence-corrected chi connectivity index (χ0v) is 83.8. The maximum atomic E-state index is 13.5. The summed E-state index contributed by atoms with van der Waals surface area (Å²) >= 11 is 7.62. The van der Waals surface area contributed by atoms with Crippen molar-refractivity contribution < 1.29 is 49.7 Å². The van der Waals surface area contributed by atoms with E-state index in [9.17, 15) is 14.7 Å². The fraction of sp³-hybridized carbons (Fsp3) is 0.0513. The topological polar surface area (TPSA) is 122 Å². The number of nitrogens with zero attached hydrogens (tertiary/aromatic N) is 2. The van der Waals surface area contributed by atoms with E-state index in [0.717, 1.165) is 218 Å². The summed E-state index contributed by atoms with van der Waals surface area (Å²) in [5, 5.41) is 21.9. The van der Waals surface area contributed by atoms with Crippen molar-refractivity contribution in [3.8, 4) is 66.8 Å². The van der Waals surface area contributed by atoms with Gasteiger partial charge in [0.15, 0.2) is 28.3 Å². The monoisotopic (exact) mass is 2210 g/mol. The molecule has 18 aromatic carbocycles. The molecule has 3 aliphatic carbocycles. The first-order valence-electron chi connectivity index (χ1n) is 43.0. The smallest absolute Gasteiger partial charge is 1.00 e. The summed E-state index contributed by atoms with van der Waals surface area (Å²) in [5.74, 6) is 0.189. The third-order valence-corrected chi connectivity index (χ3v) is 24.8. The molecule has 3 aromatic heterocycles. The SMILES string of the molecule is C1CCOC1.CC1(O)c2ccccc2-c2ccc(N(c3cccc(-c4ccccc4)c3)c3cccc4c3oc3ccccc34)cc21.I.II.O=C1c2ccccc2-c2ccc(Br)cc21.O=C1c2ccccc2-c2ccc(N(c3cccc(-c4ccccc4)c3)c3cccc4c3oc3ccccc34)cc21.[Br-].[CH3-].[Mg+2].c1ccc(-c2cccc(Nc3cccc4c3oc3ccccc34)c2)cc1. The summed E-state index contributed by atoms with van der Waals surface area (Å²) in [6.07, 6.45) is 2.56. The first kappa shape index (κ1) is 94.1. The molecule has 0 saturated carbocycles. The van der Waals surface area contributed by atoms with Crippen molar-refractivity contribution in [2.24, 2.45) is 0 Å². The molecule has 25 rings (SSSR count). The fourth-order valence-electron chi connectivity index (χ4n) is 18.3. The van der Waals surface area contributed by atoms with Crippen molar-refractivity contribution >= 4 is 223 Å². The number of ketones is 2. The van der Waals surface area contributed by atoms with E-state index >= 15 is 0 Å². The van der Waals surface area contributed by atoms with Gasteiger partial charge in [-0.3, -0.25) is 9.59 Å². The molecule has 10 nitrogen and oxygen atoms in total. The van der Waals surface area contributed by atoms with Crippen LogP contribution in [0, 0.1) is 7.43 Å². The summed E-state index contributed by atoms with van der Waals surface area (Å²) in [7, 11) is 0. The first-order chi connectivity index (χ1) is 63.5. The van der Waals surface area contributed by atoms with Crippen LogP contribution < -0.4 is 32.1 Å². The normalized spacial score (nSPS) is 13.0. The number of anilines is 8. The molecule has 4 heterocycles. The Morgan fingerprint density at radius 2 is 0.669 bits per heavy atom. The molecule has 1 saturated heterocycles. The van der Waals surface area contributed by atoms with Gasteiger partial charge in [-0.1, -0.05) is 325 Å². The van der Waals surface area contributed by atoms with Crippen LogP contribution in [0.15, 0.2) is 436 Å². The van der Waals surface area contributed by atoms with Crippen LogP contribution in [0.25, 0.3) is 133 Å². The Kier molecular flexibility index (Phi) is 29.7. The molecule has 0 amide bonds. The number of hydrogen-bond donors (Lipinski definition) is 2. The number of hydrogen-bond acceptors (Lipinski definition) is 10. The zero-order chi connectivity index (χ0) is 87.5. The predicted octanol–water partition coefficient (Wildman–Crippen LogP) is 30.8. The van der Waals surface area contributed by atoms with Crippen molar-refractivity contribution in [1.29, 1.82) is 0 Å². The van der Waals surface area contributed by atoms with E-state index in [1.807, 2.05) is 171 Å². The predicted molar refractivity (Wildman–Crippen MR) is 578 cm³/mol. The van der Waals surface area contributed by atoms with Gasteiger partial charge in [0.25, 0.3) is 0 Å². The Hall–Kier alpha value is -12.1. The van der Waals surface area contributed by atoms with Crippen molar-refractivity contribution in [3.63, 3.8) is 0 Å². The van der Waals surface area contributed by atoms with Gasteiger partial charge >= 0.3 is 23.1 Å². The number of carbonyl (C=O) groups is 2. The van der Waals surface area contributed by atoms with E-state index in [1.165, 1.54) is 24.0 Å². The van der Waals surface area contributed by atoms with Crippen molar-refractivity contribution in [2.45, 2.75) is 25.4 Å². The first-order valence-corrected chi connectivity index (χ1v) is 50.0. The number of rotatable bonds is 11. The van der Waals surface area contributed by atoms with E-state index in [4.69, 9.17) is 18.0 Å². The van der Waals surface area contributed by atoms with Crippen LogP contribution in [0.3, 0.4) is 0 Å². The maximum absolute atomic E-state index is 13.5. The molecular weight excluding hydrogens is 2120 g/mol. The van der Waals surface area contributed by atoms with Crippen molar-refractivity contribution in [3.05, 3.63) is 464 Å². The summed E-state index contributed by atoms with van der Waals surface area (Å²) in [5.41, 5.74) is 29.8. The van der Waals surface area contributed by atoms with Gasteiger partial charge < -0.3 is 62.6 Å². The Bertz CT molecular complexity index is 7810. The Balaban J connectivity index is 0.000000130. The molecule has 2 N–H and O–H groups in total. The van der Waals surface area contributed by atoms with Gasteiger partial charge in [-0.05, 0) is 207 Å². The van der Waals surface area contributed by atoms with Crippen LogP contribution in [0.5, 0.6) is 0 Å². The molecule has 648 valence electrons. The van der Waals surface area contributed by atoms with Gasteiger partial charge in [-0.25, -0.2) is 0 Å². The molecule has 0 bridgehead atoms. The van der Waals surface area contributed by atoms with Crippen LogP contribution in [0.4, 0.5) is 45.5 Å². The number of carbonyl (C=O) groups excluding carboxylic acids is 2. The summed E-state index contributed by atoms with van der Waals surface area (Å²) in [6.45, 7) is 3.89. The minimum atomic E-state index is -1.09. The van der Waals surface area contributed by atoms with Gasteiger partial charge in [0.05, 0.1) is 17.1 Å². The number of ether oxygens (including phenoxy) is 1. The fourth-order valence-corrected chi connectivity index (χ4v) is 18.6. The van der Waals surface area contributed by atoms with E-state index in [0.29, 0.717) is 0 Å². The molecule has 0 spiro atoms. The number of furan rings is 3. The zero-order valence-electron chi connectivity index (χ0n) is 72.6. The minimum absolute atomic E-state index is 0. The standard InChI is InChI=1S/C38H27NO2.C37H23NO2.C24H17NO.C13H7BrO.C4H8O.CH3.BrH.I2.HI.Mg/c1-38(40)33-18-7-5-15-29(33)30-22-21-28(24-34(30)38)39(27-14-9-13-26(23-27)25-11-3-2-4-12-25)35-19-10-17-32-31-16-6-8-20-36(31)41-37(32)35;39-36-31-16-5-4-14-28(31)29-21-20-27(23-33(29)36)38(26-13-8-12-25(22-26)24-10-2-1-3-11-24)34-18-9-17-32-30-15-6-7-19-35(30)40-37(32)34;1-2-8-17(9-3-1)18-10-6-11-19(16-18)25-22-14-7-13-21-20-12-4-5-15-23(20)26-24(21)22;14-8-5-6-10-9-3-1-2-4-11(9)13(15)12(10)7-8;1-2-4-5-3-1;;;1-2;;/h2-24,40H,1H3;1-23H;1-16,25H;1-7H;1-4H2;1H3;1H;;1H;/q;;;;;-1;;;;+2/p-1. The second-order valence-electron chi connectivity index (χ2n) is 32.2. The maximum Gasteiger partial charge on any atom is 2.00 e. The number of nitrogens with one attached hydrogen (secondary N) is 1. The van der Waals surface area contributed by atoms with Crippen LogP contribution in [-0.4, -0.2) is 52.9 Å². The molecule has 133 heavy (non-hydrogen) atoms. The molecule has 1 aliphatic heterocycles. The average Bonchev–Trinajstić information content (AvgIpc) is 1.57. The van der Waals surface area contributed by atoms with Gasteiger partial charge in [0.2, 0.25) is 0 Å². The van der Waals surface area contributed by atoms with E-state index < -0.39 is 5.60 Å². The molecule has 0 radical (unpaired) electrons. The number of halogens is 5. The van der Waals surface area contributed by atoms with E-state index in [-0.39, 0.29) is 83.0 Å². The summed E-state index contributed by atoms with van der Waals surface area (Å²) < 4.78 is 25.0. The van der Waals surface area contributed by atoms with Gasteiger partial charge in [-0.15, -0.1) is 24.0 Å².